The number of benzene rings is 2. The number of anilines is 1. The van der Waals surface area contributed by atoms with Crippen molar-refractivity contribution in [3.05, 3.63) is 47.8 Å². The number of halogens is 4. The summed E-state index contributed by atoms with van der Waals surface area (Å²) in [5.74, 6) is -3.67. The molecule has 2 N–H and O–H groups in total. The van der Waals surface area contributed by atoms with Gasteiger partial charge in [-0.25, -0.2) is 12.8 Å². The highest BCUT2D eigenvalue weighted by atomic mass is 32.2. The summed E-state index contributed by atoms with van der Waals surface area (Å²) in [7, 11) is -3.04. The van der Waals surface area contributed by atoms with Gasteiger partial charge in [-0.1, -0.05) is 13.0 Å². The highest BCUT2D eigenvalue weighted by Crippen LogP contribution is 2.36. The fourth-order valence-electron chi connectivity index (χ4n) is 5.83. The zero-order valence-corrected chi connectivity index (χ0v) is 25.6. The van der Waals surface area contributed by atoms with Gasteiger partial charge < -0.3 is 24.8 Å². The molecule has 0 bridgehead atoms. The van der Waals surface area contributed by atoms with Crippen LogP contribution in [0.4, 0.5) is 23.2 Å². The van der Waals surface area contributed by atoms with Crippen molar-refractivity contribution in [2.45, 2.75) is 68.0 Å². The van der Waals surface area contributed by atoms with Crippen molar-refractivity contribution >= 4 is 33.3 Å². The van der Waals surface area contributed by atoms with E-state index in [1.54, 1.807) is 0 Å². The van der Waals surface area contributed by atoms with Gasteiger partial charge in [0.2, 0.25) is 5.91 Å². The Kier molecular flexibility index (Phi) is 10.3. The molecule has 2 amide bonds. The number of carbonyl (C=O) groups excluding carboxylic acids is 3. The van der Waals surface area contributed by atoms with Crippen molar-refractivity contribution in [1.82, 2.24) is 5.32 Å². The van der Waals surface area contributed by atoms with Gasteiger partial charge >= 0.3 is 11.5 Å². The lowest BCUT2D eigenvalue weighted by atomic mass is 9.87. The van der Waals surface area contributed by atoms with E-state index in [2.05, 4.69) is 10.6 Å². The van der Waals surface area contributed by atoms with E-state index in [0.29, 0.717) is 38.5 Å². The Hall–Kier alpha value is -3.88. The van der Waals surface area contributed by atoms with Gasteiger partial charge in [0.15, 0.2) is 11.6 Å². The third kappa shape index (κ3) is 7.68. The summed E-state index contributed by atoms with van der Waals surface area (Å²) in [6, 6.07) is 5.37. The third-order valence-electron chi connectivity index (χ3n) is 8.17. The van der Waals surface area contributed by atoms with Gasteiger partial charge in [-0.05, 0) is 68.7 Å². The normalized spacial score (nSPS) is 23.6. The Morgan fingerprint density at radius 3 is 2.27 bits per heavy atom. The molecule has 0 aromatic heterocycles. The van der Waals surface area contributed by atoms with E-state index >= 15 is 0 Å². The average molecular weight is 659 g/mol. The second-order valence-corrected chi connectivity index (χ2v) is 13.3. The van der Waals surface area contributed by atoms with Gasteiger partial charge in [0, 0.05) is 17.8 Å². The molecule has 246 valence electrons. The number of hydrogen-bond donors (Lipinski definition) is 2. The lowest BCUT2D eigenvalue weighted by Gasteiger charge is -2.28. The molecular formula is C30H34F4N2O8S. The van der Waals surface area contributed by atoms with E-state index in [9.17, 15) is 40.4 Å². The predicted octanol–water partition coefficient (Wildman–Crippen LogP) is 5.02. The molecule has 15 heteroatoms. The molecule has 0 heterocycles. The maximum Gasteiger partial charge on any atom is 0.501 e. The van der Waals surface area contributed by atoms with Gasteiger partial charge in [0.05, 0.1) is 42.6 Å². The molecule has 0 spiro atoms. The summed E-state index contributed by atoms with van der Waals surface area (Å²) in [5.41, 5.74) is -5.71. The number of sulfone groups is 1. The first-order valence-electron chi connectivity index (χ1n) is 14.3. The van der Waals surface area contributed by atoms with E-state index in [1.165, 1.54) is 26.4 Å². The van der Waals surface area contributed by atoms with Gasteiger partial charge in [-0.15, -0.1) is 0 Å². The number of ether oxygens (including phenoxy) is 3. The minimum absolute atomic E-state index is 0.0166. The van der Waals surface area contributed by atoms with Crippen molar-refractivity contribution in [2.75, 3.05) is 19.5 Å². The molecule has 2 aromatic carbocycles. The van der Waals surface area contributed by atoms with Crippen molar-refractivity contribution in [1.29, 1.82) is 0 Å². The van der Waals surface area contributed by atoms with Crippen LogP contribution in [0.15, 0.2) is 41.3 Å². The van der Waals surface area contributed by atoms with Crippen molar-refractivity contribution < 1.29 is 54.6 Å². The molecule has 3 atom stereocenters. The second-order valence-electron chi connectivity index (χ2n) is 11.3. The molecule has 2 saturated carbocycles. The summed E-state index contributed by atoms with van der Waals surface area (Å²) >= 11 is 0. The number of esters is 1. The van der Waals surface area contributed by atoms with E-state index in [-0.39, 0.29) is 40.6 Å². The number of nitrogens with one attached hydrogen (secondary N) is 2. The lowest BCUT2D eigenvalue weighted by Crippen LogP contribution is -2.42. The summed E-state index contributed by atoms with van der Waals surface area (Å²) in [5, 5.41) is 5.26. The lowest BCUT2D eigenvalue weighted by molar-refractivity contribution is -0.147. The van der Waals surface area contributed by atoms with Gasteiger partial charge in [-0.2, -0.15) is 13.2 Å². The molecule has 0 saturated heterocycles. The number of amides is 2. The first kappa shape index (κ1) is 34.0. The minimum Gasteiger partial charge on any atom is -0.496 e. The second kappa shape index (κ2) is 13.6. The summed E-state index contributed by atoms with van der Waals surface area (Å²) in [6.45, 7) is 1.86. The Labute approximate surface area is 257 Å². The Bertz CT molecular complexity index is 1540. The van der Waals surface area contributed by atoms with Gasteiger partial charge in [0.25, 0.3) is 15.7 Å². The van der Waals surface area contributed by atoms with Crippen LogP contribution in [0.5, 0.6) is 11.5 Å². The number of hydrogen-bond acceptors (Lipinski definition) is 8. The topological polar surface area (TPSA) is 137 Å². The zero-order valence-electron chi connectivity index (χ0n) is 24.8. The van der Waals surface area contributed by atoms with Crippen LogP contribution in [-0.2, 0) is 24.2 Å². The molecule has 2 aliphatic carbocycles. The Balaban J connectivity index is 1.47. The first-order valence-corrected chi connectivity index (χ1v) is 15.8. The number of alkyl halides is 3. The van der Waals surface area contributed by atoms with Crippen molar-refractivity contribution in [3.63, 3.8) is 0 Å². The molecule has 45 heavy (non-hydrogen) atoms. The van der Waals surface area contributed by atoms with Crippen LogP contribution < -0.4 is 20.1 Å². The molecule has 4 rings (SSSR count). The highest BCUT2D eigenvalue weighted by Gasteiger charge is 2.47. The van der Waals surface area contributed by atoms with Crippen LogP contribution in [-0.4, -0.2) is 58.1 Å². The number of rotatable bonds is 9. The van der Waals surface area contributed by atoms with E-state index in [1.807, 2.05) is 6.92 Å². The van der Waals surface area contributed by atoms with Crippen LogP contribution in [0.1, 0.15) is 55.8 Å². The van der Waals surface area contributed by atoms with Crippen molar-refractivity contribution in [2.24, 2.45) is 17.8 Å². The van der Waals surface area contributed by atoms with E-state index in [0.717, 1.165) is 24.3 Å². The summed E-state index contributed by atoms with van der Waals surface area (Å²) in [4.78, 5) is 37.5. The maximum atomic E-state index is 14.9. The average Bonchev–Trinajstić information content (AvgIpc) is 3.37. The maximum absolute atomic E-state index is 14.9. The van der Waals surface area contributed by atoms with Crippen LogP contribution >= 0.6 is 0 Å². The van der Waals surface area contributed by atoms with E-state index in [4.69, 9.17) is 14.2 Å². The Morgan fingerprint density at radius 1 is 0.956 bits per heavy atom. The largest absolute Gasteiger partial charge is 0.501 e. The Morgan fingerprint density at radius 2 is 1.64 bits per heavy atom. The quantitative estimate of drug-likeness (QED) is 0.283. The standard InChI is InChI=1S/C30H34F4N2O8S/c1-16-11-21(27(37)35-18-5-4-6-20(13-18)45(40,41)30(32,33)34)24(12-16)36-28(38)22-14-26(23(31)15-25(22)42-2)44-19-9-7-17(8-10-19)29(39)43-3/h4-6,13-17,19,21,24H,7-12H2,1-3H3,(H,35,37)(H,36,38)/t16-,17?,19?,21+,24-/m1/s1. The molecule has 2 aromatic rings. The first-order chi connectivity index (χ1) is 21.1. The molecule has 2 fully saturated rings. The molecular weight excluding hydrogens is 624 g/mol. The van der Waals surface area contributed by atoms with Crippen LogP contribution in [0.3, 0.4) is 0 Å². The predicted molar refractivity (Wildman–Crippen MR) is 153 cm³/mol. The molecule has 0 aliphatic heterocycles. The summed E-state index contributed by atoms with van der Waals surface area (Å²) in [6.07, 6.45) is 2.31. The summed E-state index contributed by atoms with van der Waals surface area (Å²) < 4.78 is 93.5. The fourth-order valence-corrected chi connectivity index (χ4v) is 6.64. The zero-order chi connectivity index (χ0) is 33.1. The van der Waals surface area contributed by atoms with Crippen LogP contribution in [0, 0.1) is 23.6 Å². The SMILES string of the molecule is COC(=O)C1CCC(Oc2cc(C(=O)N[C@@H]3C[C@H](C)C[C@@H]3C(=O)Nc3cccc(S(=O)(=O)C(F)(F)F)c3)c(OC)cc2F)CC1. The van der Waals surface area contributed by atoms with Crippen LogP contribution in [0.2, 0.25) is 0 Å². The van der Waals surface area contributed by atoms with Gasteiger partial charge in [0.1, 0.15) is 5.75 Å². The number of carbonyl (C=O) groups is 3. The molecule has 0 unspecified atom stereocenters. The van der Waals surface area contributed by atoms with Crippen LogP contribution in [0.25, 0.3) is 0 Å². The smallest absolute Gasteiger partial charge is 0.496 e. The highest BCUT2D eigenvalue weighted by molar-refractivity contribution is 7.92. The molecule has 0 radical (unpaired) electrons. The van der Waals surface area contributed by atoms with E-state index < -0.39 is 55.9 Å². The molecule has 2 aliphatic rings. The minimum atomic E-state index is -5.63. The van der Waals surface area contributed by atoms with Gasteiger partial charge in [-0.3, -0.25) is 14.4 Å². The monoisotopic (exact) mass is 658 g/mol. The third-order valence-corrected chi connectivity index (χ3v) is 9.65. The fraction of sp³-hybridized carbons (Fsp3) is 0.500. The number of methoxy groups -OCH3 is 2. The van der Waals surface area contributed by atoms with Crippen molar-refractivity contribution in [3.8, 4) is 11.5 Å². The molecule has 10 nitrogen and oxygen atoms in total.